The lowest BCUT2D eigenvalue weighted by Crippen LogP contribution is -3.09. The summed E-state index contributed by atoms with van der Waals surface area (Å²) in [5.41, 5.74) is 1.06. The van der Waals surface area contributed by atoms with Crippen LogP contribution in [-0.4, -0.2) is 25.9 Å². The Bertz CT molecular complexity index is 882. The molecule has 0 aliphatic carbocycles. The summed E-state index contributed by atoms with van der Waals surface area (Å²) >= 11 is 7.58. The van der Waals surface area contributed by atoms with Gasteiger partial charge in [-0.3, -0.25) is 4.98 Å². The van der Waals surface area contributed by atoms with Gasteiger partial charge in [-0.15, -0.1) is 16.4 Å². The second-order valence-corrected chi connectivity index (χ2v) is 7.71. The summed E-state index contributed by atoms with van der Waals surface area (Å²) in [7, 11) is 0. The van der Waals surface area contributed by atoms with E-state index in [9.17, 15) is 0 Å². The molecule has 1 aliphatic heterocycles. The standard InChI is InChI=1S/C18H21N5S2/c1-2-22-17(14-7-9-19-10-8-14)20-23(18(22)24)13-21-11-3-5-15(21)16-6-4-12-25-16/h4,6-10,12,15H,2-3,5,11,13H2,1H3/p+1/t15-/m1/s1. The Balaban J connectivity index is 1.65. The number of hydrogen-bond donors (Lipinski definition) is 1. The van der Waals surface area contributed by atoms with Crippen LogP contribution in [0, 0.1) is 4.77 Å². The van der Waals surface area contributed by atoms with E-state index < -0.39 is 0 Å². The third kappa shape index (κ3) is 3.19. The second-order valence-electron chi connectivity index (χ2n) is 6.36. The Hall–Kier alpha value is -1.83. The molecule has 2 atom stereocenters. The number of quaternary nitrogens is 1. The molecule has 1 fully saturated rings. The lowest BCUT2D eigenvalue weighted by Gasteiger charge is -2.20. The fourth-order valence-corrected chi connectivity index (χ4v) is 4.91. The molecule has 0 aromatic carbocycles. The van der Waals surface area contributed by atoms with E-state index in [1.165, 1.54) is 24.3 Å². The number of thiophene rings is 1. The molecule has 1 N–H and O–H groups in total. The lowest BCUT2D eigenvalue weighted by atomic mass is 10.2. The highest BCUT2D eigenvalue weighted by Crippen LogP contribution is 2.23. The Kier molecular flexibility index (Phi) is 4.78. The van der Waals surface area contributed by atoms with E-state index in [1.807, 2.05) is 28.2 Å². The van der Waals surface area contributed by atoms with Gasteiger partial charge in [0.1, 0.15) is 6.04 Å². The summed E-state index contributed by atoms with van der Waals surface area (Å²) in [5.74, 6) is 0.932. The maximum Gasteiger partial charge on any atom is 0.203 e. The van der Waals surface area contributed by atoms with Crippen molar-refractivity contribution in [3.8, 4) is 11.4 Å². The van der Waals surface area contributed by atoms with E-state index in [0.717, 1.165) is 29.4 Å². The molecule has 5 nitrogen and oxygen atoms in total. The zero-order valence-corrected chi connectivity index (χ0v) is 15.9. The number of nitrogens with zero attached hydrogens (tertiary/aromatic N) is 4. The first-order valence-electron chi connectivity index (χ1n) is 8.74. The van der Waals surface area contributed by atoms with Crippen molar-refractivity contribution >= 4 is 23.6 Å². The van der Waals surface area contributed by atoms with Gasteiger partial charge in [-0.05, 0) is 42.7 Å². The normalized spacial score (nSPS) is 20.2. The fraction of sp³-hybridized carbons (Fsp3) is 0.389. The van der Waals surface area contributed by atoms with Crippen molar-refractivity contribution in [2.24, 2.45) is 0 Å². The lowest BCUT2D eigenvalue weighted by molar-refractivity contribution is -0.941. The molecule has 0 saturated carbocycles. The maximum atomic E-state index is 5.72. The number of pyridine rings is 1. The molecular formula is C18H22N5S2+. The number of hydrogen-bond acceptors (Lipinski definition) is 4. The molecule has 0 bridgehead atoms. The molecule has 25 heavy (non-hydrogen) atoms. The number of nitrogens with one attached hydrogen (secondary N) is 1. The highest BCUT2D eigenvalue weighted by molar-refractivity contribution is 7.71. The summed E-state index contributed by atoms with van der Waals surface area (Å²) in [6, 6.07) is 8.95. The van der Waals surface area contributed by atoms with E-state index in [4.69, 9.17) is 17.3 Å². The van der Waals surface area contributed by atoms with Crippen LogP contribution in [0.2, 0.25) is 0 Å². The van der Waals surface area contributed by atoms with E-state index in [2.05, 4.69) is 34.0 Å². The summed E-state index contributed by atoms with van der Waals surface area (Å²) in [5, 5.41) is 7.03. The van der Waals surface area contributed by atoms with E-state index >= 15 is 0 Å². The molecule has 3 aromatic rings. The molecule has 1 aliphatic rings. The Morgan fingerprint density at radius 2 is 2.16 bits per heavy atom. The first kappa shape index (κ1) is 16.6. The average molecular weight is 373 g/mol. The van der Waals surface area contributed by atoms with Crippen molar-refractivity contribution in [3.63, 3.8) is 0 Å². The SMILES string of the molecule is CCn1c(-c2ccncc2)nn(C[NH+]2CCC[C@@H]2c2cccs2)c1=S. The minimum absolute atomic E-state index is 0.568. The fourth-order valence-electron chi connectivity index (χ4n) is 3.67. The molecule has 1 saturated heterocycles. The molecule has 0 radical (unpaired) electrons. The van der Waals surface area contributed by atoms with Crippen LogP contribution in [0.25, 0.3) is 11.4 Å². The van der Waals surface area contributed by atoms with E-state index in [1.54, 1.807) is 17.3 Å². The van der Waals surface area contributed by atoms with Gasteiger partial charge in [-0.1, -0.05) is 6.07 Å². The van der Waals surface area contributed by atoms with Gasteiger partial charge in [0.2, 0.25) is 4.77 Å². The first-order chi connectivity index (χ1) is 12.3. The molecule has 4 heterocycles. The summed E-state index contributed by atoms with van der Waals surface area (Å²) in [4.78, 5) is 7.14. The Morgan fingerprint density at radius 3 is 2.88 bits per heavy atom. The molecule has 0 spiro atoms. The molecule has 0 amide bonds. The molecule has 4 rings (SSSR count). The van der Waals surface area contributed by atoms with Gasteiger partial charge in [0.05, 0.1) is 11.4 Å². The third-order valence-electron chi connectivity index (χ3n) is 4.90. The van der Waals surface area contributed by atoms with Gasteiger partial charge in [0.15, 0.2) is 12.5 Å². The van der Waals surface area contributed by atoms with Gasteiger partial charge >= 0.3 is 0 Å². The minimum Gasteiger partial charge on any atom is -0.309 e. The van der Waals surface area contributed by atoms with Gasteiger partial charge in [-0.25, -0.2) is 0 Å². The van der Waals surface area contributed by atoms with E-state index in [-0.39, 0.29) is 0 Å². The predicted octanol–water partition coefficient (Wildman–Crippen LogP) is 2.93. The van der Waals surface area contributed by atoms with Crippen LogP contribution in [0.1, 0.15) is 30.7 Å². The minimum atomic E-state index is 0.568. The second kappa shape index (κ2) is 7.19. The molecule has 7 heteroatoms. The van der Waals surface area contributed by atoms with Crippen LogP contribution in [-0.2, 0) is 13.2 Å². The largest absolute Gasteiger partial charge is 0.309 e. The summed E-state index contributed by atoms with van der Waals surface area (Å²) < 4.78 is 4.93. The van der Waals surface area contributed by atoms with Gasteiger partial charge in [-0.2, -0.15) is 4.68 Å². The van der Waals surface area contributed by atoms with Crippen molar-refractivity contribution in [1.29, 1.82) is 0 Å². The van der Waals surface area contributed by atoms with Crippen LogP contribution in [0.4, 0.5) is 0 Å². The Morgan fingerprint density at radius 1 is 1.32 bits per heavy atom. The van der Waals surface area contributed by atoms with Crippen LogP contribution >= 0.6 is 23.6 Å². The van der Waals surface area contributed by atoms with Crippen molar-refractivity contribution in [2.45, 2.75) is 39.0 Å². The summed E-state index contributed by atoms with van der Waals surface area (Å²) in [6.07, 6.45) is 6.11. The van der Waals surface area contributed by atoms with Gasteiger partial charge in [0, 0.05) is 37.3 Å². The van der Waals surface area contributed by atoms with Crippen LogP contribution in [0.15, 0.2) is 42.0 Å². The molecular weight excluding hydrogens is 350 g/mol. The van der Waals surface area contributed by atoms with Crippen LogP contribution < -0.4 is 4.90 Å². The average Bonchev–Trinajstić information content (AvgIpc) is 3.37. The Labute approximate surface area is 156 Å². The first-order valence-corrected chi connectivity index (χ1v) is 10.0. The number of rotatable bonds is 5. The van der Waals surface area contributed by atoms with Crippen molar-refractivity contribution in [3.05, 3.63) is 51.7 Å². The zero-order valence-electron chi connectivity index (χ0n) is 14.3. The molecule has 3 aromatic heterocycles. The van der Waals surface area contributed by atoms with Gasteiger partial charge < -0.3 is 9.47 Å². The monoisotopic (exact) mass is 372 g/mol. The van der Waals surface area contributed by atoms with Crippen LogP contribution in [0.5, 0.6) is 0 Å². The third-order valence-corrected chi connectivity index (χ3v) is 6.32. The van der Waals surface area contributed by atoms with Crippen molar-refractivity contribution in [2.75, 3.05) is 6.54 Å². The van der Waals surface area contributed by atoms with Crippen molar-refractivity contribution < 1.29 is 4.90 Å². The zero-order chi connectivity index (χ0) is 17.2. The number of aromatic nitrogens is 4. The van der Waals surface area contributed by atoms with Gasteiger partial charge in [0.25, 0.3) is 0 Å². The van der Waals surface area contributed by atoms with Crippen molar-refractivity contribution in [1.82, 2.24) is 19.3 Å². The van der Waals surface area contributed by atoms with E-state index in [0.29, 0.717) is 6.04 Å². The smallest absolute Gasteiger partial charge is 0.203 e. The summed E-state index contributed by atoms with van der Waals surface area (Å²) in [6.45, 7) is 4.93. The highest BCUT2D eigenvalue weighted by Gasteiger charge is 2.31. The van der Waals surface area contributed by atoms with Crippen LogP contribution in [0.3, 0.4) is 0 Å². The quantitative estimate of drug-likeness (QED) is 0.700. The topological polar surface area (TPSA) is 40.1 Å². The predicted molar refractivity (Wildman–Crippen MR) is 102 cm³/mol. The highest BCUT2D eigenvalue weighted by atomic mass is 32.1. The molecule has 130 valence electrons. The maximum absolute atomic E-state index is 5.72. The number of likely N-dealkylation sites (tertiary alicyclic amines) is 1. The molecule has 1 unspecified atom stereocenters.